The number of hydrogen-bond acceptors (Lipinski definition) is 5. The maximum Gasteiger partial charge on any atom is 0.164 e. The van der Waals surface area contributed by atoms with Gasteiger partial charge in [0.1, 0.15) is 0 Å². The second-order valence-corrected chi connectivity index (χ2v) is 16.5. The standard InChI is InChI=1S/C62H43N5/c63-58(46-27-14-5-15-28-46)57(45-25-12-4-13-26-45)59-55-40-50(35-36-51(55)41-56(64-59)44-23-10-3-11-24-44)49-31-18-34-54(39-49)62-66-60(52-32-16-29-47(37-52)42-19-6-1-7-20-42)65-61(67-62)53-33-17-30-48(38-53)43-21-8-2-9-22-43/h1-41,63-64H/b59-57-,63-58?. The molecule has 5 nitrogen and oxygen atoms in total. The van der Waals surface area contributed by atoms with Gasteiger partial charge in [0, 0.05) is 39.1 Å². The Bertz CT molecular complexity index is 3370. The van der Waals surface area contributed by atoms with Gasteiger partial charge in [-0.1, -0.05) is 218 Å². The van der Waals surface area contributed by atoms with Gasteiger partial charge in [0.15, 0.2) is 17.5 Å². The highest BCUT2D eigenvalue weighted by atomic mass is 15.0. The van der Waals surface area contributed by atoms with E-state index in [9.17, 15) is 5.41 Å². The summed E-state index contributed by atoms with van der Waals surface area (Å²) in [5.41, 5.74) is 17.2. The molecule has 0 saturated heterocycles. The maximum absolute atomic E-state index is 9.75. The molecular weight excluding hydrogens is 815 g/mol. The quantitative estimate of drug-likeness (QED) is 0.134. The van der Waals surface area contributed by atoms with Crippen molar-refractivity contribution in [3.63, 3.8) is 0 Å². The van der Waals surface area contributed by atoms with Crippen LogP contribution in [0.25, 0.3) is 90.6 Å². The lowest BCUT2D eigenvalue weighted by Gasteiger charge is -2.27. The summed E-state index contributed by atoms with van der Waals surface area (Å²) in [5, 5.41) is 13.6. The van der Waals surface area contributed by atoms with Crippen LogP contribution < -0.4 is 5.32 Å². The molecule has 0 fully saturated rings. The van der Waals surface area contributed by atoms with E-state index in [1.807, 2.05) is 66.7 Å². The van der Waals surface area contributed by atoms with Crippen LogP contribution in [0.1, 0.15) is 27.8 Å². The molecule has 2 heterocycles. The largest absolute Gasteiger partial charge is 0.354 e. The van der Waals surface area contributed by atoms with Crippen molar-refractivity contribution in [1.29, 1.82) is 5.41 Å². The topological polar surface area (TPSA) is 74.6 Å². The first-order valence-corrected chi connectivity index (χ1v) is 22.4. The van der Waals surface area contributed by atoms with E-state index in [0.717, 1.165) is 94.9 Å². The van der Waals surface area contributed by atoms with Crippen LogP contribution in [0.15, 0.2) is 243 Å². The Morgan fingerprint density at radius 3 is 1.18 bits per heavy atom. The summed E-state index contributed by atoms with van der Waals surface area (Å²) in [4.78, 5) is 15.6. The van der Waals surface area contributed by atoms with E-state index in [1.165, 1.54) is 0 Å². The highest BCUT2D eigenvalue weighted by Gasteiger charge is 2.25. The van der Waals surface area contributed by atoms with Crippen molar-refractivity contribution in [3.05, 3.63) is 270 Å². The molecule has 0 unspecified atom stereocenters. The predicted molar refractivity (Wildman–Crippen MR) is 276 cm³/mol. The van der Waals surface area contributed by atoms with Gasteiger partial charge in [-0.2, -0.15) is 0 Å². The third-order valence-electron chi connectivity index (χ3n) is 12.1. The smallest absolute Gasteiger partial charge is 0.164 e. The van der Waals surface area contributed by atoms with E-state index in [-0.39, 0.29) is 0 Å². The number of aromatic nitrogens is 3. The van der Waals surface area contributed by atoms with E-state index < -0.39 is 0 Å². The zero-order valence-electron chi connectivity index (χ0n) is 36.5. The fourth-order valence-electron chi connectivity index (χ4n) is 8.75. The number of hydrogen-bond donors (Lipinski definition) is 2. The lowest BCUT2D eigenvalue weighted by atomic mass is 9.86. The average molecular weight is 858 g/mol. The molecule has 9 aromatic carbocycles. The molecule has 0 radical (unpaired) electrons. The molecule has 10 aromatic rings. The van der Waals surface area contributed by atoms with Crippen LogP contribution in [-0.4, -0.2) is 20.7 Å². The molecule has 0 amide bonds. The predicted octanol–water partition coefficient (Wildman–Crippen LogP) is 14.9. The Labute approximate surface area is 390 Å². The Morgan fingerprint density at radius 1 is 0.328 bits per heavy atom. The second kappa shape index (κ2) is 18.2. The van der Waals surface area contributed by atoms with Crippen LogP contribution in [-0.2, 0) is 0 Å². The molecule has 1 aromatic heterocycles. The first kappa shape index (κ1) is 40.7. The van der Waals surface area contributed by atoms with Gasteiger partial charge in [-0.05, 0) is 80.4 Å². The van der Waals surface area contributed by atoms with Gasteiger partial charge in [-0.25, -0.2) is 15.0 Å². The van der Waals surface area contributed by atoms with Crippen molar-refractivity contribution in [1.82, 2.24) is 20.3 Å². The monoisotopic (exact) mass is 857 g/mol. The molecule has 1 aliphatic heterocycles. The molecular formula is C62H43N5. The summed E-state index contributed by atoms with van der Waals surface area (Å²) in [6, 6.07) is 83.2. The SMILES string of the molecule is N=C(/C(=C1\NC(c2ccccc2)=Cc2ccc(-c3cccc(-c4nc(-c5cccc(-c6ccccc6)c5)nc(-c5cccc(-c6ccccc6)c5)n4)c3)cc21)c1ccccc1)c1ccccc1. The molecule has 0 bridgehead atoms. The Morgan fingerprint density at radius 2 is 0.701 bits per heavy atom. The Kier molecular flexibility index (Phi) is 11.1. The summed E-state index contributed by atoms with van der Waals surface area (Å²) in [5.74, 6) is 1.77. The van der Waals surface area contributed by atoms with E-state index in [2.05, 4.69) is 187 Å². The van der Waals surface area contributed by atoms with Crippen molar-refractivity contribution in [2.24, 2.45) is 0 Å². The van der Waals surface area contributed by atoms with E-state index in [0.29, 0.717) is 23.2 Å². The minimum absolute atomic E-state index is 0.437. The molecule has 0 spiro atoms. The number of benzene rings is 9. The number of nitrogens with one attached hydrogen (secondary N) is 2. The van der Waals surface area contributed by atoms with Crippen molar-refractivity contribution >= 4 is 28.8 Å². The second-order valence-electron chi connectivity index (χ2n) is 16.5. The van der Waals surface area contributed by atoms with Gasteiger partial charge in [-0.3, -0.25) is 5.41 Å². The highest BCUT2D eigenvalue weighted by Crippen LogP contribution is 2.39. The Balaban J connectivity index is 1.06. The van der Waals surface area contributed by atoms with Crippen LogP contribution in [0.2, 0.25) is 0 Å². The van der Waals surface area contributed by atoms with E-state index in [4.69, 9.17) is 15.0 Å². The van der Waals surface area contributed by atoms with E-state index in [1.54, 1.807) is 0 Å². The fourth-order valence-corrected chi connectivity index (χ4v) is 8.75. The van der Waals surface area contributed by atoms with Gasteiger partial charge in [0.05, 0.1) is 11.4 Å². The van der Waals surface area contributed by atoms with Crippen molar-refractivity contribution < 1.29 is 0 Å². The number of rotatable bonds is 10. The van der Waals surface area contributed by atoms with Crippen molar-refractivity contribution in [2.45, 2.75) is 0 Å². The Hall–Kier alpha value is -9.06. The molecule has 5 heteroatoms. The van der Waals surface area contributed by atoms with Crippen LogP contribution in [0, 0.1) is 5.41 Å². The third kappa shape index (κ3) is 8.53. The molecule has 1 aliphatic rings. The summed E-state index contributed by atoms with van der Waals surface area (Å²) in [6.07, 6.45) is 2.20. The minimum Gasteiger partial charge on any atom is -0.354 e. The zero-order valence-corrected chi connectivity index (χ0v) is 36.5. The molecule has 0 saturated carbocycles. The van der Waals surface area contributed by atoms with Crippen LogP contribution in [0.3, 0.4) is 0 Å². The summed E-state index contributed by atoms with van der Waals surface area (Å²) in [7, 11) is 0. The zero-order chi connectivity index (χ0) is 44.9. The summed E-state index contributed by atoms with van der Waals surface area (Å²) in [6.45, 7) is 0. The fraction of sp³-hybridized carbons (Fsp3) is 0. The molecule has 0 aliphatic carbocycles. The molecule has 2 N–H and O–H groups in total. The van der Waals surface area contributed by atoms with Gasteiger partial charge >= 0.3 is 0 Å². The van der Waals surface area contributed by atoms with Crippen LogP contribution >= 0.6 is 0 Å². The summed E-state index contributed by atoms with van der Waals surface area (Å²) >= 11 is 0. The number of fused-ring (bicyclic) bond motifs is 1. The number of allylic oxidation sites excluding steroid dienone is 1. The van der Waals surface area contributed by atoms with Crippen LogP contribution in [0.4, 0.5) is 0 Å². The highest BCUT2D eigenvalue weighted by molar-refractivity contribution is 6.36. The van der Waals surface area contributed by atoms with Crippen molar-refractivity contribution in [3.8, 4) is 67.5 Å². The summed E-state index contributed by atoms with van der Waals surface area (Å²) < 4.78 is 0. The van der Waals surface area contributed by atoms with E-state index >= 15 is 0 Å². The van der Waals surface area contributed by atoms with Gasteiger partial charge in [0.25, 0.3) is 0 Å². The normalized spacial score (nSPS) is 12.6. The van der Waals surface area contributed by atoms with Gasteiger partial charge < -0.3 is 5.32 Å². The molecule has 11 rings (SSSR count). The first-order valence-electron chi connectivity index (χ1n) is 22.4. The lowest BCUT2D eigenvalue weighted by molar-refractivity contribution is 1.07. The average Bonchev–Trinajstić information content (AvgIpc) is 3.42. The van der Waals surface area contributed by atoms with Gasteiger partial charge in [-0.15, -0.1) is 0 Å². The van der Waals surface area contributed by atoms with Crippen LogP contribution in [0.5, 0.6) is 0 Å². The van der Waals surface area contributed by atoms with Crippen molar-refractivity contribution in [2.75, 3.05) is 0 Å². The molecule has 0 atom stereocenters. The third-order valence-corrected chi connectivity index (χ3v) is 12.1. The molecule has 67 heavy (non-hydrogen) atoms. The minimum atomic E-state index is 0.437. The number of nitrogens with zero attached hydrogens (tertiary/aromatic N) is 3. The molecule has 316 valence electrons. The maximum atomic E-state index is 9.75. The lowest BCUT2D eigenvalue weighted by Crippen LogP contribution is -2.20. The first-order chi connectivity index (χ1) is 33.1. The van der Waals surface area contributed by atoms with Gasteiger partial charge in [0.2, 0.25) is 0 Å².